The number of amides is 2. The molecule has 7 nitrogen and oxygen atoms in total. The molecule has 1 saturated heterocycles. The summed E-state index contributed by atoms with van der Waals surface area (Å²) in [5, 5.41) is 11.5. The monoisotopic (exact) mass is 362 g/mol. The molecule has 1 aliphatic heterocycles. The summed E-state index contributed by atoms with van der Waals surface area (Å²) in [5.74, 6) is -5.10. The van der Waals surface area contributed by atoms with Gasteiger partial charge >= 0.3 is 17.8 Å². The quantitative estimate of drug-likeness (QED) is 0.853. The lowest BCUT2D eigenvalue weighted by Gasteiger charge is -2.30. The Morgan fingerprint density at radius 2 is 1.88 bits per heavy atom. The SMILES string of the molecule is O=C(O)C1CCCN(C(=O)Nc2ccc(S(=O)(=O)C(F)F)cc2)C1. The van der Waals surface area contributed by atoms with Gasteiger partial charge in [-0.25, -0.2) is 13.2 Å². The number of sulfone groups is 1. The van der Waals surface area contributed by atoms with Crippen LogP contribution in [0.25, 0.3) is 0 Å². The van der Waals surface area contributed by atoms with E-state index >= 15 is 0 Å². The van der Waals surface area contributed by atoms with Crippen LogP contribution >= 0.6 is 0 Å². The number of halogens is 2. The summed E-state index contributed by atoms with van der Waals surface area (Å²) in [7, 11) is -4.68. The van der Waals surface area contributed by atoms with Crippen LogP contribution in [-0.2, 0) is 14.6 Å². The number of carbonyl (C=O) groups excluding carboxylic acids is 1. The summed E-state index contributed by atoms with van der Waals surface area (Å²) in [4.78, 5) is 23.9. The highest BCUT2D eigenvalue weighted by Gasteiger charge is 2.29. The number of benzene rings is 1. The second-order valence-corrected chi connectivity index (χ2v) is 7.30. The number of piperidine rings is 1. The molecule has 1 atom stereocenters. The summed E-state index contributed by atoms with van der Waals surface area (Å²) < 4.78 is 47.5. The number of nitrogens with zero attached hydrogens (tertiary/aromatic N) is 1. The van der Waals surface area contributed by atoms with Crippen LogP contribution in [0.5, 0.6) is 0 Å². The van der Waals surface area contributed by atoms with E-state index < -0.39 is 38.4 Å². The number of aliphatic carboxylic acids is 1. The molecule has 1 aromatic rings. The van der Waals surface area contributed by atoms with Crippen LogP contribution in [0.2, 0.25) is 0 Å². The molecule has 1 unspecified atom stereocenters. The molecule has 10 heteroatoms. The van der Waals surface area contributed by atoms with E-state index in [0.717, 1.165) is 12.1 Å². The summed E-state index contributed by atoms with van der Waals surface area (Å²) >= 11 is 0. The van der Waals surface area contributed by atoms with E-state index in [9.17, 15) is 26.8 Å². The number of anilines is 1. The van der Waals surface area contributed by atoms with Crippen molar-refractivity contribution in [3.63, 3.8) is 0 Å². The Morgan fingerprint density at radius 3 is 2.42 bits per heavy atom. The van der Waals surface area contributed by atoms with Crippen molar-refractivity contribution in [3.05, 3.63) is 24.3 Å². The number of carboxylic acids is 1. The van der Waals surface area contributed by atoms with E-state index in [1.807, 2.05) is 0 Å². The summed E-state index contributed by atoms with van der Waals surface area (Å²) in [6.45, 7) is 0.493. The normalized spacial score (nSPS) is 18.5. The van der Waals surface area contributed by atoms with Crippen LogP contribution in [-0.4, -0.2) is 49.3 Å². The van der Waals surface area contributed by atoms with Crippen molar-refractivity contribution in [3.8, 4) is 0 Å². The van der Waals surface area contributed by atoms with Crippen LogP contribution in [0.3, 0.4) is 0 Å². The van der Waals surface area contributed by atoms with Gasteiger partial charge in [0.2, 0.25) is 9.84 Å². The molecule has 24 heavy (non-hydrogen) atoms. The molecule has 2 rings (SSSR count). The lowest BCUT2D eigenvalue weighted by Crippen LogP contribution is -2.44. The fourth-order valence-corrected chi connectivity index (χ4v) is 3.12. The minimum absolute atomic E-state index is 0.0824. The van der Waals surface area contributed by atoms with Gasteiger partial charge in [0.05, 0.1) is 10.8 Å². The fraction of sp³-hybridized carbons (Fsp3) is 0.429. The highest BCUT2D eigenvalue weighted by molar-refractivity contribution is 7.91. The van der Waals surface area contributed by atoms with Crippen molar-refractivity contribution in [1.29, 1.82) is 0 Å². The van der Waals surface area contributed by atoms with Crippen LogP contribution < -0.4 is 5.32 Å². The molecule has 2 amide bonds. The first-order valence-electron chi connectivity index (χ1n) is 7.12. The van der Waals surface area contributed by atoms with E-state index in [0.29, 0.717) is 19.4 Å². The zero-order valence-corrected chi connectivity index (χ0v) is 13.3. The lowest BCUT2D eigenvalue weighted by atomic mass is 9.99. The molecule has 1 aromatic carbocycles. The van der Waals surface area contributed by atoms with E-state index in [1.54, 1.807) is 0 Å². The number of likely N-dealkylation sites (tertiary alicyclic amines) is 1. The van der Waals surface area contributed by atoms with E-state index in [2.05, 4.69) is 5.32 Å². The first kappa shape index (κ1) is 18.1. The highest BCUT2D eigenvalue weighted by Crippen LogP contribution is 2.21. The van der Waals surface area contributed by atoms with Crippen LogP contribution in [0.15, 0.2) is 29.2 Å². The van der Waals surface area contributed by atoms with Gasteiger partial charge in [0, 0.05) is 18.8 Å². The highest BCUT2D eigenvalue weighted by atomic mass is 32.2. The van der Waals surface area contributed by atoms with Gasteiger partial charge in [0.25, 0.3) is 0 Å². The summed E-state index contributed by atoms with van der Waals surface area (Å²) in [6, 6.07) is 3.84. The first-order chi connectivity index (χ1) is 11.2. The molecule has 0 spiro atoms. The average Bonchev–Trinajstić information content (AvgIpc) is 2.55. The van der Waals surface area contributed by atoms with Gasteiger partial charge in [-0.3, -0.25) is 4.79 Å². The van der Waals surface area contributed by atoms with Gasteiger partial charge in [-0.1, -0.05) is 0 Å². The maximum atomic E-state index is 12.4. The third kappa shape index (κ3) is 3.99. The molecule has 2 N–H and O–H groups in total. The van der Waals surface area contributed by atoms with Gasteiger partial charge in [0.15, 0.2) is 0 Å². The van der Waals surface area contributed by atoms with Crippen molar-refractivity contribution in [2.45, 2.75) is 23.5 Å². The Labute approximate surface area is 137 Å². The molecular weight excluding hydrogens is 346 g/mol. The van der Waals surface area contributed by atoms with E-state index in [4.69, 9.17) is 5.11 Å². The number of hydrogen-bond acceptors (Lipinski definition) is 4. The average molecular weight is 362 g/mol. The van der Waals surface area contributed by atoms with Crippen molar-refractivity contribution in [2.75, 3.05) is 18.4 Å². The molecule has 0 bridgehead atoms. The minimum Gasteiger partial charge on any atom is -0.481 e. The Kier molecular flexibility index (Phi) is 5.37. The molecular formula is C14H16F2N2O5S. The van der Waals surface area contributed by atoms with Crippen LogP contribution in [0.1, 0.15) is 12.8 Å². The molecule has 0 aliphatic carbocycles. The zero-order chi connectivity index (χ0) is 17.9. The Balaban J connectivity index is 2.03. The number of rotatable bonds is 4. The van der Waals surface area contributed by atoms with Crippen molar-refractivity contribution < 1.29 is 31.9 Å². The van der Waals surface area contributed by atoms with Crippen molar-refractivity contribution in [2.24, 2.45) is 5.92 Å². The van der Waals surface area contributed by atoms with Crippen LogP contribution in [0.4, 0.5) is 19.3 Å². The second kappa shape index (κ2) is 7.12. The predicted molar refractivity (Wildman–Crippen MR) is 80.6 cm³/mol. The number of nitrogens with one attached hydrogen (secondary N) is 1. The Hall–Kier alpha value is -2.23. The smallest absolute Gasteiger partial charge is 0.341 e. The molecule has 1 fully saturated rings. The van der Waals surface area contributed by atoms with Gasteiger partial charge in [-0.05, 0) is 37.1 Å². The van der Waals surface area contributed by atoms with Gasteiger partial charge in [-0.2, -0.15) is 8.78 Å². The number of carboxylic acid groups (broad SMARTS) is 1. The van der Waals surface area contributed by atoms with Crippen molar-refractivity contribution >= 4 is 27.5 Å². The molecule has 1 heterocycles. The summed E-state index contributed by atoms with van der Waals surface area (Å²) in [5.41, 5.74) is 0.227. The molecule has 0 radical (unpaired) electrons. The third-order valence-corrected chi connectivity index (χ3v) is 5.12. The standard InChI is InChI=1S/C14H16F2N2O5S/c15-13(16)24(22,23)11-5-3-10(4-6-11)17-14(21)18-7-1-2-9(8-18)12(19)20/h3-6,9,13H,1-2,7-8H2,(H,17,21)(H,19,20). The third-order valence-electron chi connectivity index (χ3n) is 3.73. The molecule has 132 valence electrons. The molecule has 0 aromatic heterocycles. The summed E-state index contributed by atoms with van der Waals surface area (Å²) in [6.07, 6.45) is 1.06. The topological polar surface area (TPSA) is 104 Å². The van der Waals surface area contributed by atoms with E-state index in [-0.39, 0.29) is 12.2 Å². The maximum absolute atomic E-state index is 12.4. The number of hydrogen-bond donors (Lipinski definition) is 2. The lowest BCUT2D eigenvalue weighted by molar-refractivity contribution is -0.143. The fourth-order valence-electron chi connectivity index (χ4n) is 2.40. The van der Waals surface area contributed by atoms with Crippen molar-refractivity contribution in [1.82, 2.24) is 4.90 Å². The molecule has 1 aliphatic rings. The predicted octanol–water partition coefficient (Wildman–Crippen LogP) is 2.01. The van der Waals surface area contributed by atoms with Gasteiger partial charge in [0.1, 0.15) is 0 Å². The largest absolute Gasteiger partial charge is 0.481 e. The second-order valence-electron chi connectivity index (χ2n) is 5.38. The van der Waals surface area contributed by atoms with E-state index in [1.165, 1.54) is 17.0 Å². The first-order valence-corrected chi connectivity index (χ1v) is 8.67. The number of carbonyl (C=O) groups is 2. The van der Waals surface area contributed by atoms with Crippen LogP contribution in [0, 0.1) is 5.92 Å². The molecule has 0 saturated carbocycles. The Morgan fingerprint density at radius 1 is 1.25 bits per heavy atom. The van der Waals surface area contributed by atoms with Gasteiger partial charge < -0.3 is 15.3 Å². The van der Waals surface area contributed by atoms with Gasteiger partial charge in [-0.15, -0.1) is 0 Å². The Bertz CT molecular complexity index is 721. The number of urea groups is 1. The maximum Gasteiger partial charge on any atom is 0.341 e. The number of alkyl halides is 2. The zero-order valence-electron chi connectivity index (χ0n) is 12.5. The minimum atomic E-state index is -4.68.